The van der Waals surface area contributed by atoms with Crippen molar-refractivity contribution in [2.45, 2.75) is 52.1 Å². The van der Waals surface area contributed by atoms with Gasteiger partial charge < -0.3 is 15.0 Å². The average molecular weight is 290 g/mol. The first-order valence-electron chi connectivity index (χ1n) is 8.01. The summed E-state index contributed by atoms with van der Waals surface area (Å²) in [6, 6.07) is 0. The van der Waals surface area contributed by atoms with Gasteiger partial charge in [-0.3, -0.25) is 0 Å². The highest BCUT2D eigenvalue weighted by atomic mass is 16.5. The molecule has 2 aliphatic rings. The molecule has 1 aliphatic heterocycles. The molecule has 116 valence electrons. The maximum absolute atomic E-state index is 5.82. The van der Waals surface area contributed by atoms with E-state index in [2.05, 4.69) is 37.9 Å². The number of nitrogens with one attached hydrogen (secondary N) is 1. The van der Waals surface area contributed by atoms with Crippen molar-refractivity contribution in [3.8, 4) is 0 Å². The summed E-state index contributed by atoms with van der Waals surface area (Å²) in [5.41, 5.74) is 1.03. The van der Waals surface area contributed by atoms with Crippen LogP contribution in [0.25, 0.3) is 0 Å². The summed E-state index contributed by atoms with van der Waals surface area (Å²) in [4.78, 5) is 12.0. The molecule has 1 aromatic heterocycles. The number of anilines is 2. The monoisotopic (exact) mass is 290 g/mol. The zero-order valence-electron chi connectivity index (χ0n) is 13.6. The number of hydrogen-bond acceptors (Lipinski definition) is 5. The number of hydrogen-bond donors (Lipinski definition) is 1. The van der Waals surface area contributed by atoms with Crippen LogP contribution in [0.4, 0.5) is 11.6 Å². The third kappa shape index (κ3) is 3.12. The lowest BCUT2D eigenvalue weighted by Crippen LogP contribution is -2.49. The lowest BCUT2D eigenvalue weighted by Gasteiger charge is -2.39. The lowest BCUT2D eigenvalue weighted by atomic mass is 10.1. The Labute approximate surface area is 127 Å². The number of nitrogens with zero attached hydrogens (tertiary/aromatic N) is 3. The molecule has 0 bridgehead atoms. The highest BCUT2D eigenvalue weighted by Gasteiger charge is 2.32. The maximum Gasteiger partial charge on any atom is 0.137 e. The van der Waals surface area contributed by atoms with E-state index in [1.54, 1.807) is 0 Å². The molecule has 2 heterocycles. The van der Waals surface area contributed by atoms with Crippen LogP contribution in [0, 0.1) is 6.92 Å². The van der Waals surface area contributed by atoms with E-state index in [9.17, 15) is 0 Å². The fourth-order valence-corrected chi connectivity index (χ4v) is 2.89. The molecule has 5 nitrogen and oxygen atoms in total. The van der Waals surface area contributed by atoms with Gasteiger partial charge in [0.2, 0.25) is 0 Å². The van der Waals surface area contributed by atoms with Crippen molar-refractivity contribution in [3.63, 3.8) is 0 Å². The molecule has 0 aromatic carbocycles. The van der Waals surface area contributed by atoms with Crippen LogP contribution in [0.2, 0.25) is 0 Å². The van der Waals surface area contributed by atoms with Gasteiger partial charge in [-0.2, -0.15) is 0 Å². The smallest absolute Gasteiger partial charge is 0.137 e. The van der Waals surface area contributed by atoms with Gasteiger partial charge in [0, 0.05) is 31.1 Å². The molecular weight excluding hydrogens is 264 g/mol. The van der Waals surface area contributed by atoms with Gasteiger partial charge in [-0.1, -0.05) is 0 Å². The minimum atomic E-state index is -0.117. The minimum Gasteiger partial charge on any atom is -0.372 e. The molecule has 5 heteroatoms. The quantitative estimate of drug-likeness (QED) is 0.924. The van der Waals surface area contributed by atoms with Crippen LogP contribution < -0.4 is 10.2 Å². The molecule has 0 atom stereocenters. The molecule has 1 saturated carbocycles. The van der Waals surface area contributed by atoms with Crippen molar-refractivity contribution in [3.05, 3.63) is 11.4 Å². The Kier molecular flexibility index (Phi) is 3.78. The summed E-state index contributed by atoms with van der Waals surface area (Å²) < 4.78 is 5.82. The Balaban J connectivity index is 1.95. The van der Waals surface area contributed by atoms with Crippen LogP contribution in [0.15, 0.2) is 0 Å². The first-order valence-corrected chi connectivity index (χ1v) is 8.01. The van der Waals surface area contributed by atoms with Crippen molar-refractivity contribution in [1.29, 1.82) is 0 Å². The van der Waals surface area contributed by atoms with Crippen molar-refractivity contribution in [2.24, 2.45) is 0 Å². The number of rotatable bonds is 4. The third-order valence-electron chi connectivity index (χ3n) is 4.15. The summed E-state index contributed by atoms with van der Waals surface area (Å²) in [6.45, 7) is 11.9. The molecular formula is C16H26N4O. The van der Waals surface area contributed by atoms with Gasteiger partial charge in [-0.15, -0.1) is 0 Å². The second kappa shape index (κ2) is 5.44. The fraction of sp³-hybridized carbons (Fsp3) is 0.750. The standard InChI is InChI=1S/C16H26N4O/c1-5-17-13-11(2)15(19-14(18-13)12-6-7-12)20-8-9-21-16(3,4)10-20/h12H,5-10H2,1-4H3,(H,17,18,19). The predicted octanol–water partition coefficient (Wildman–Crippen LogP) is 2.71. The Morgan fingerprint density at radius 1 is 1.33 bits per heavy atom. The number of aromatic nitrogens is 2. The normalized spacial score (nSPS) is 21.4. The molecule has 0 radical (unpaired) electrons. The van der Waals surface area contributed by atoms with E-state index in [4.69, 9.17) is 14.7 Å². The van der Waals surface area contributed by atoms with Crippen LogP contribution in [0.3, 0.4) is 0 Å². The minimum absolute atomic E-state index is 0.117. The zero-order valence-corrected chi connectivity index (χ0v) is 13.6. The van der Waals surface area contributed by atoms with Crippen LogP contribution >= 0.6 is 0 Å². The Bertz CT molecular complexity index is 525. The van der Waals surface area contributed by atoms with E-state index < -0.39 is 0 Å². The third-order valence-corrected chi connectivity index (χ3v) is 4.15. The van der Waals surface area contributed by atoms with Crippen LogP contribution in [0.5, 0.6) is 0 Å². The Hall–Kier alpha value is -1.36. The van der Waals surface area contributed by atoms with Crippen LogP contribution in [-0.2, 0) is 4.74 Å². The molecule has 0 amide bonds. The topological polar surface area (TPSA) is 50.3 Å². The first kappa shape index (κ1) is 14.6. The summed E-state index contributed by atoms with van der Waals surface area (Å²) in [5, 5.41) is 3.39. The molecule has 1 saturated heterocycles. The second-order valence-corrected chi connectivity index (χ2v) is 6.71. The van der Waals surface area contributed by atoms with Crippen LogP contribution in [-0.4, -0.2) is 41.8 Å². The van der Waals surface area contributed by atoms with Gasteiger partial charge in [0.05, 0.1) is 12.2 Å². The predicted molar refractivity (Wildman–Crippen MR) is 85.2 cm³/mol. The highest BCUT2D eigenvalue weighted by molar-refractivity contribution is 5.59. The van der Waals surface area contributed by atoms with Crippen molar-refractivity contribution < 1.29 is 4.74 Å². The van der Waals surface area contributed by atoms with Crippen molar-refractivity contribution >= 4 is 11.6 Å². The molecule has 1 aliphatic carbocycles. The van der Waals surface area contributed by atoms with Gasteiger partial charge >= 0.3 is 0 Å². The molecule has 3 rings (SSSR count). The number of morpholine rings is 1. The van der Waals surface area contributed by atoms with Gasteiger partial charge in [0.1, 0.15) is 17.5 Å². The van der Waals surface area contributed by atoms with E-state index in [-0.39, 0.29) is 5.60 Å². The van der Waals surface area contributed by atoms with Gasteiger partial charge in [-0.05, 0) is 40.5 Å². The van der Waals surface area contributed by atoms with Gasteiger partial charge in [0.25, 0.3) is 0 Å². The molecule has 2 fully saturated rings. The summed E-state index contributed by atoms with van der Waals surface area (Å²) in [7, 11) is 0. The lowest BCUT2D eigenvalue weighted by molar-refractivity contribution is -0.0279. The second-order valence-electron chi connectivity index (χ2n) is 6.71. The molecule has 0 spiro atoms. The largest absolute Gasteiger partial charge is 0.372 e. The molecule has 0 unspecified atom stereocenters. The van der Waals surface area contributed by atoms with Gasteiger partial charge in [0.15, 0.2) is 0 Å². The summed E-state index contributed by atoms with van der Waals surface area (Å²) in [5.74, 6) is 3.65. The van der Waals surface area contributed by atoms with Crippen molar-refractivity contribution in [2.75, 3.05) is 36.5 Å². The van der Waals surface area contributed by atoms with Crippen LogP contribution in [0.1, 0.15) is 50.9 Å². The maximum atomic E-state index is 5.82. The van der Waals surface area contributed by atoms with Crippen molar-refractivity contribution in [1.82, 2.24) is 9.97 Å². The highest BCUT2D eigenvalue weighted by Crippen LogP contribution is 2.40. The van der Waals surface area contributed by atoms with E-state index in [0.29, 0.717) is 5.92 Å². The molecule has 21 heavy (non-hydrogen) atoms. The fourth-order valence-electron chi connectivity index (χ4n) is 2.89. The Morgan fingerprint density at radius 3 is 2.71 bits per heavy atom. The average Bonchev–Trinajstić information content (AvgIpc) is 3.24. The SMILES string of the molecule is CCNc1nc(C2CC2)nc(N2CCOC(C)(C)C2)c1C. The van der Waals surface area contributed by atoms with Gasteiger partial charge in [-0.25, -0.2) is 9.97 Å². The van der Waals surface area contributed by atoms with E-state index >= 15 is 0 Å². The summed E-state index contributed by atoms with van der Waals surface area (Å²) in [6.07, 6.45) is 2.45. The van der Waals surface area contributed by atoms with E-state index in [1.165, 1.54) is 12.8 Å². The Morgan fingerprint density at radius 2 is 2.10 bits per heavy atom. The van der Waals surface area contributed by atoms with E-state index in [1.807, 2.05) is 0 Å². The zero-order chi connectivity index (χ0) is 15.0. The number of ether oxygens (including phenoxy) is 1. The summed E-state index contributed by atoms with van der Waals surface area (Å²) >= 11 is 0. The molecule has 1 aromatic rings. The van der Waals surface area contributed by atoms with E-state index in [0.717, 1.165) is 49.3 Å². The first-order chi connectivity index (χ1) is 10.00. The molecule has 1 N–H and O–H groups in total.